The molecule has 0 heterocycles. The zero-order chi connectivity index (χ0) is 17.3. The predicted octanol–water partition coefficient (Wildman–Crippen LogP) is 1.79. The fraction of sp³-hybridized carbons (Fsp3) is 0.941. The van der Waals surface area contributed by atoms with Crippen molar-refractivity contribution in [1.29, 1.82) is 0 Å². The molecule has 6 nitrogen and oxygen atoms in total. The normalized spacial score (nSPS) is 13.7. The van der Waals surface area contributed by atoms with E-state index >= 15 is 0 Å². The van der Waals surface area contributed by atoms with Crippen LogP contribution >= 0.6 is 0 Å². The van der Waals surface area contributed by atoms with Crippen LogP contribution in [0.5, 0.6) is 0 Å². The van der Waals surface area contributed by atoms with Gasteiger partial charge in [-0.3, -0.25) is 4.79 Å². The summed E-state index contributed by atoms with van der Waals surface area (Å²) in [6.45, 7) is 1.93. The summed E-state index contributed by atoms with van der Waals surface area (Å²) in [5.74, 6) is -0.282. The Hall–Kier alpha value is -0.690. The fourth-order valence-corrected chi connectivity index (χ4v) is 2.28. The molecule has 2 unspecified atom stereocenters. The Morgan fingerprint density at radius 3 is 2.35 bits per heavy atom. The minimum absolute atomic E-state index is 0.0566. The highest BCUT2D eigenvalue weighted by atomic mass is 16.5. The molecule has 0 bridgehead atoms. The molecule has 0 aliphatic rings. The van der Waals surface area contributed by atoms with E-state index in [2.05, 4.69) is 6.92 Å². The Bertz CT molecular complexity index is 272. The van der Waals surface area contributed by atoms with Gasteiger partial charge in [0, 0.05) is 6.42 Å². The molecule has 0 aliphatic carbocycles. The molecular weight excluding hydrogens is 300 g/mol. The Balaban J connectivity index is 3.91. The summed E-state index contributed by atoms with van der Waals surface area (Å²) in [5, 5.41) is 26.8. The number of rotatable bonds is 16. The zero-order valence-electron chi connectivity index (χ0n) is 14.4. The molecule has 138 valence electrons. The summed E-state index contributed by atoms with van der Waals surface area (Å²) < 4.78 is 10.5. The number of ether oxygens (including phenoxy) is 2. The first kappa shape index (κ1) is 22.3. The maximum Gasteiger partial charge on any atom is 0.305 e. The molecule has 0 radical (unpaired) electrons. The molecule has 0 amide bonds. The lowest BCUT2D eigenvalue weighted by molar-refractivity contribution is -0.144. The van der Waals surface area contributed by atoms with Crippen molar-refractivity contribution < 1.29 is 29.6 Å². The van der Waals surface area contributed by atoms with Crippen LogP contribution in [0.3, 0.4) is 0 Å². The van der Waals surface area contributed by atoms with E-state index in [0.29, 0.717) is 6.42 Å². The topological polar surface area (TPSA) is 96.2 Å². The highest BCUT2D eigenvalue weighted by Crippen LogP contribution is 2.15. The second kappa shape index (κ2) is 16.2. The Labute approximate surface area is 139 Å². The molecule has 0 aromatic heterocycles. The molecule has 0 aromatic rings. The van der Waals surface area contributed by atoms with E-state index in [0.717, 1.165) is 32.1 Å². The van der Waals surface area contributed by atoms with Gasteiger partial charge in [-0.1, -0.05) is 39.0 Å². The van der Waals surface area contributed by atoms with E-state index in [-0.39, 0.29) is 38.5 Å². The van der Waals surface area contributed by atoms with Crippen molar-refractivity contribution in [2.24, 2.45) is 0 Å². The van der Waals surface area contributed by atoms with Crippen molar-refractivity contribution >= 4 is 5.97 Å². The highest BCUT2D eigenvalue weighted by Gasteiger charge is 2.12. The van der Waals surface area contributed by atoms with Crippen LogP contribution in [0.4, 0.5) is 0 Å². The number of unbranched alkanes of at least 4 members (excludes halogenated alkanes) is 4. The molecule has 23 heavy (non-hydrogen) atoms. The Kier molecular flexibility index (Phi) is 15.7. The minimum Gasteiger partial charge on any atom is -0.463 e. The lowest BCUT2D eigenvalue weighted by atomic mass is 10.0. The van der Waals surface area contributed by atoms with Crippen LogP contribution < -0.4 is 0 Å². The van der Waals surface area contributed by atoms with Crippen LogP contribution in [0.1, 0.15) is 64.7 Å². The molecule has 3 N–H and O–H groups in total. The smallest absolute Gasteiger partial charge is 0.305 e. The molecule has 0 saturated heterocycles. The molecule has 0 spiro atoms. The average molecular weight is 334 g/mol. The van der Waals surface area contributed by atoms with Gasteiger partial charge in [0.15, 0.2) is 0 Å². The summed E-state index contributed by atoms with van der Waals surface area (Å²) in [7, 11) is 0. The van der Waals surface area contributed by atoms with Gasteiger partial charge in [0.1, 0.15) is 12.7 Å². The van der Waals surface area contributed by atoms with Crippen molar-refractivity contribution in [2.75, 3.05) is 26.4 Å². The number of aliphatic hydroxyl groups excluding tert-OH is 3. The van der Waals surface area contributed by atoms with E-state index in [1.54, 1.807) is 0 Å². The quantitative estimate of drug-likeness (QED) is 0.294. The highest BCUT2D eigenvalue weighted by molar-refractivity contribution is 5.69. The summed E-state index contributed by atoms with van der Waals surface area (Å²) in [6, 6.07) is 0. The van der Waals surface area contributed by atoms with Crippen LogP contribution in [0.25, 0.3) is 0 Å². The summed E-state index contributed by atoms with van der Waals surface area (Å²) in [6.07, 6.45) is 7.57. The second-order valence-corrected chi connectivity index (χ2v) is 5.83. The van der Waals surface area contributed by atoms with E-state index in [1.807, 2.05) is 0 Å². The third kappa shape index (κ3) is 14.6. The van der Waals surface area contributed by atoms with Crippen molar-refractivity contribution in [1.82, 2.24) is 0 Å². The molecule has 6 heteroatoms. The van der Waals surface area contributed by atoms with Crippen LogP contribution in [0.2, 0.25) is 0 Å². The molecular formula is C17H34O6. The third-order valence-corrected chi connectivity index (χ3v) is 3.63. The second-order valence-electron chi connectivity index (χ2n) is 5.83. The van der Waals surface area contributed by atoms with Crippen molar-refractivity contribution in [3.05, 3.63) is 0 Å². The summed E-state index contributed by atoms with van der Waals surface area (Å²) >= 11 is 0. The molecule has 0 aliphatic heterocycles. The van der Waals surface area contributed by atoms with Gasteiger partial charge in [-0.05, 0) is 19.3 Å². The van der Waals surface area contributed by atoms with Crippen molar-refractivity contribution in [3.8, 4) is 0 Å². The monoisotopic (exact) mass is 334 g/mol. The van der Waals surface area contributed by atoms with Crippen molar-refractivity contribution in [3.63, 3.8) is 0 Å². The SMILES string of the molecule is CCCCCCC(CCCCC(=O)OCCO)OCC(O)CO. The molecule has 0 saturated carbocycles. The minimum atomic E-state index is -0.832. The average Bonchev–Trinajstić information content (AvgIpc) is 2.56. The lowest BCUT2D eigenvalue weighted by Crippen LogP contribution is -2.24. The first-order valence-corrected chi connectivity index (χ1v) is 8.81. The van der Waals surface area contributed by atoms with Gasteiger partial charge >= 0.3 is 5.97 Å². The Morgan fingerprint density at radius 2 is 1.74 bits per heavy atom. The Morgan fingerprint density at radius 1 is 1.04 bits per heavy atom. The first-order valence-electron chi connectivity index (χ1n) is 8.81. The van der Waals surface area contributed by atoms with Gasteiger partial charge in [0.05, 0.1) is 25.9 Å². The molecule has 0 rings (SSSR count). The summed E-state index contributed by atoms with van der Waals surface area (Å²) in [4.78, 5) is 11.3. The number of hydrogen-bond donors (Lipinski definition) is 3. The van der Waals surface area contributed by atoms with E-state index in [1.165, 1.54) is 19.3 Å². The van der Waals surface area contributed by atoms with E-state index in [9.17, 15) is 9.90 Å². The van der Waals surface area contributed by atoms with Gasteiger partial charge in [-0.2, -0.15) is 0 Å². The van der Waals surface area contributed by atoms with Crippen molar-refractivity contribution in [2.45, 2.75) is 76.9 Å². The zero-order valence-corrected chi connectivity index (χ0v) is 14.4. The number of esters is 1. The van der Waals surface area contributed by atoms with Gasteiger partial charge in [0.2, 0.25) is 0 Å². The third-order valence-electron chi connectivity index (χ3n) is 3.63. The number of carbonyl (C=O) groups excluding carboxylic acids is 1. The first-order chi connectivity index (χ1) is 11.1. The molecule has 2 atom stereocenters. The molecule has 0 fully saturated rings. The number of carbonyl (C=O) groups is 1. The maximum atomic E-state index is 11.3. The van der Waals surface area contributed by atoms with E-state index < -0.39 is 6.10 Å². The van der Waals surface area contributed by atoms with Crippen LogP contribution in [-0.2, 0) is 14.3 Å². The number of hydrogen-bond acceptors (Lipinski definition) is 6. The van der Waals surface area contributed by atoms with Crippen LogP contribution in [0.15, 0.2) is 0 Å². The standard InChI is InChI=1S/C17H34O6/c1-2-3-4-5-8-16(23-14-15(20)13-19)9-6-7-10-17(21)22-12-11-18/h15-16,18-20H,2-14H2,1H3. The van der Waals surface area contributed by atoms with Gasteiger partial charge in [-0.15, -0.1) is 0 Å². The number of aliphatic hydroxyl groups is 3. The van der Waals surface area contributed by atoms with Gasteiger partial charge in [0.25, 0.3) is 0 Å². The largest absolute Gasteiger partial charge is 0.463 e. The van der Waals surface area contributed by atoms with Gasteiger partial charge < -0.3 is 24.8 Å². The predicted molar refractivity (Wildman–Crippen MR) is 88.1 cm³/mol. The van der Waals surface area contributed by atoms with Gasteiger partial charge in [-0.25, -0.2) is 0 Å². The molecule has 0 aromatic carbocycles. The fourth-order valence-electron chi connectivity index (χ4n) is 2.28. The maximum absolute atomic E-state index is 11.3. The lowest BCUT2D eigenvalue weighted by Gasteiger charge is -2.19. The van der Waals surface area contributed by atoms with E-state index in [4.69, 9.17) is 19.7 Å². The van der Waals surface area contributed by atoms with Crippen LogP contribution in [0, 0.1) is 0 Å². The van der Waals surface area contributed by atoms with Crippen LogP contribution in [-0.4, -0.2) is 59.9 Å². The summed E-state index contributed by atoms with van der Waals surface area (Å²) in [5.41, 5.74) is 0.